The Morgan fingerprint density at radius 2 is 1.85 bits per heavy atom. The summed E-state index contributed by atoms with van der Waals surface area (Å²) in [6.07, 6.45) is 0. The fourth-order valence-corrected chi connectivity index (χ4v) is 1.67. The summed E-state index contributed by atoms with van der Waals surface area (Å²) in [6, 6.07) is 6.78. The van der Waals surface area contributed by atoms with E-state index in [2.05, 4.69) is 10.1 Å². The van der Waals surface area contributed by atoms with Crippen molar-refractivity contribution in [2.75, 3.05) is 32.6 Å². The molecule has 1 aromatic carbocycles. The first-order valence-electron chi connectivity index (χ1n) is 6.09. The molecule has 0 spiro atoms. The Bertz CT molecular complexity index is 514. The molecule has 0 aliphatic heterocycles. The molecule has 0 radical (unpaired) electrons. The second-order valence-corrected chi connectivity index (χ2v) is 4.40. The van der Waals surface area contributed by atoms with Gasteiger partial charge in [0.2, 0.25) is 5.91 Å². The van der Waals surface area contributed by atoms with Gasteiger partial charge in [0.15, 0.2) is 5.78 Å². The molecular formula is C14H18N2O4. The maximum Gasteiger partial charge on any atom is 0.319 e. The number of nitrogens with zero attached hydrogens (tertiary/aromatic N) is 1. The van der Waals surface area contributed by atoms with E-state index in [9.17, 15) is 14.4 Å². The normalized spacial score (nSPS) is 10.2. The molecule has 108 valence electrons. The molecule has 0 saturated heterocycles. The van der Waals surface area contributed by atoms with Gasteiger partial charge in [0, 0.05) is 5.56 Å². The molecule has 0 unspecified atom stereocenters. The first kappa shape index (κ1) is 15.8. The molecule has 20 heavy (non-hydrogen) atoms. The molecule has 1 amide bonds. The Morgan fingerprint density at radius 1 is 1.20 bits per heavy atom. The Hall–Kier alpha value is -2.21. The number of ether oxygens (including phenoxy) is 1. The molecule has 1 N–H and O–H groups in total. The number of benzene rings is 1. The summed E-state index contributed by atoms with van der Waals surface area (Å²) in [4.78, 5) is 35.9. The number of methoxy groups -OCH3 is 1. The van der Waals surface area contributed by atoms with Gasteiger partial charge in [-0.3, -0.25) is 19.3 Å². The van der Waals surface area contributed by atoms with Crippen LogP contribution in [0.1, 0.15) is 17.3 Å². The van der Waals surface area contributed by atoms with E-state index >= 15 is 0 Å². The molecule has 6 heteroatoms. The number of hydrogen-bond acceptors (Lipinski definition) is 5. The average Bonchev–Trinajstić information content (AvgIpc) is 2.38. The minimum atomic E-state index is -0.413. The molecule has 0 aliphatic carbocycles. The number of ketones is 1. The average molecular weight is 278 g/mol. The summed E-state index contributed by atoms with van der Waals surface area (Å²) >= 11 is 0. The number of anilines is 1. The fourth-order valence-electron chi connectivity index (χ4n) is 1.67. The maximum atomic E-state index is 11.9. The highest BCUT2D eigenvalue weighted by atomic mass is 16.5. The molecular weight excluding hydrogens is 260 g/mol. The predicted molar refractivity (Wildman–Crippen MR) is 74.6 cm³/mol. The van der Waals surface area contributed by atoms with E-state index in [1.165, 1.54) is 18.9 Å². The number of carbonyl (C=O) groups is 3. The number of amides is 1. The zero-order valence-corrected chi connectivity index (χ0v) is 11.8. The largest absolute Gasteiger partial charge is 0.468 e. The summed E-state index contributed by atoms with van der Waals surface area (Å²) in [6.45, 7) is 1.49. The lowest BCUT2D eigenvalue weighted by atomic mass is 10.1. The first-order chi connectivity index (χ1) is 9.43. The van der Waals surface area contributed by atoms with Crippen LogP contribution in [0.3, 0.4) is 0 Å². The molecule has 0 bridgehead atoms. The third-order valence-electron chi connectivity index (χ3n) is 2.62. The minimum Gasteiger partial charge on any atom is -0.468 e. The van der Waals surface area contributed by atoms with E-state index in [4.69, 9.17) is 0 Å². The van der Waals surface area contributed by atoms with Gasteiger partial charge in [0.05, 0.1) is 25.9 Å². The second kappa shape index (κ2) is 7.40. The number of hydrogen-bond donors (Lipinski definition) is 1. The van der Waals surface area contributed by atoms with Crippen molar-refractivity contribution >= 4 is 23.3 Å². The van der Waals surface area contributed by atoms with E-state index in [1.807, 2.05) is 0 Å². The molecule has 0 fully saturated rings. The highest BCUT2D eigenvalue weighted by Crippen LogP contribution is 2.15. The summed E-state index contributed by atoms with van der Waals surface area (Å²) in [5, 5.41) is 2.66. The van der Waals surface area contributed by atoms with Crippen LogP contribution in [0, 0.1) is 0 Å². The fraction of sp³-hybridized carbons (Fsp3) is 0.357. The zero-order valence-electron chi connectivity index (χ0n) is 11.8. The number of likely N-dealkylation sites (N-methyl/N-ethyl adjacent to an activating group) is 1. The number of carbonyl (C=O) groups excluding carboxylic acids is 3. The Kier molecular flexibility index (Phi) is 5.86. The van der Waals surface area contributed by atoms with E-state index < -0.39 is 5.97 Å². The van der Waals surface area contributed by atoms with Crippen LogP contribution in [0.4, 0.5) is 5.69 Å². The van der Waals surface area contributed by atoms with Crippen LogP contribution in [0.5, 0.6) is 0 Å². The monoisotopic (exact) mass is 278 g/mol. The third-order valence-corrected chi connectivity index (χ3v) is 2.62. The highest BCUT2D eigenvalue weighted by molar-refractivity contribution is 6.04. The van der Waals surface area contributed by atoms with Crippen LogP contribution >= 0.6 is 0 Å². The molecule has 1 aromatic rings. The smallest absolute Gasteiger partial charge is 0.319 e. The number of esters is 1. The molecule has 0 saturated carbocycles. The van der Waals surface area contributed by atoms with Gasteiger partial charge in [0.25, 0.3) is 0 Å². The van der Waals surface area contributed by atoms with Crippen molar-refractivity contribution in [2.24, 2.45) is 0 Å². The molecule has 0 atom stereocenters. The number of rotatable bonds is 6. The molecule has 0 aliphatic rings. The maximum absolute atomic E-state index is 11.9. The summed E-state index contributed by atoms with van der Waals surface area (Å²) in [5.74, 6) is -0.835. The molecule has 1 rings (SSSR count). The van der Waals surface area contributed by atoms with E-state index in [0.29, 0.717) is 11.3 Å². The zero-order chi connectivity index (χ0) is 15.1. The van der Waals surface area contributed by atoms with Gasteiger partial charge in [0.1, 0.15) is 0 Å². The molecule has 0 heterocycles. The summed E-state index contributed by atoms with van der Waals surface area (Å²) in [7, 11) is 2.92. The Morgan fingerprint density at radius 3 is 2.45 bits per heavy atom. The van der Waals surface area contributed by atoms with Gasteiger partial charge >= 0.3 is 5.97 Å². The Balaban J connectivity index is 2.63. The quantitative estimate of drug-likeness (QED) is 0.619. The van der Waals surface area contributed by atoms with E-state index in [-0.39, 0.29) is 24.8 Å². The van der Waals surface area contributed by atoms with Crippen molar-refractivity contribution in [3.8, 4) is 0 Å². The van der Waals surface area contributed by atoms with Crippen LogP contribution in [0.2, 0.25) is 0 Å². The number of para-hydroxylation sites is 1. The van der Waals surface area contributed by atoms with Gasteiger partial charge < -0.3 is 10.1 Å². The van der Waals surface area contributed by atoms with Crippen LogP contribution < -0.4 is 5.32 Å². The summed E-state index contributed by atoms with van der Waals surface area (Å²) < 4.78 is 4.51. The van der Waals surface area contributed by atoms with Crippen LogP contribution in [0.15, 0.2) is 24.3 Å². The number of Topliss-reactive ketones (excluding diaryl/α,β-unsaturated/α-hetero) is 1. The van der Waals surface area contributed by atoms with Crippen LogP contribution in [-0.2, 0) is 14.3 Å². The minimum absolute atomic E-state index is 0.0261. The van der Waals surface area contributed by atoms with Crippen molar-refractivity contribution in [3.63, 3.8) is 0 Å². The van der Waals surface area contributed by atoms with Crippen molar-refractivity contribution in [1.82, 2.24) is 4.90 Å². The first-order valence-corrected chi connectivity index (χ1v) is 6.09. The lowest BCUT2D eigenvalue weighted by molar-refractivity contribution is -0.141. The summed E-state index contributed by atoms with van der Waals surface area (Å²) in [5.41, 5.74) is 0.924. The topological polar surface area (TPSA) is 75.7 Å². The van der Waals surface area contributed by atoms with Crippen LogP contribution in [-0.4, -0.2) is 49.8 Å². The van der Waals surface area contributed by atoms with Crippen molar-refractivity contribution in [3.05, 3.63) is 29.8 Å². The lowest BCUT2D eigenvalue weighted by Crippen LogP contribution is -2.34. The van der Waals surface area contributed by atoms with Crippen molar-refractivity contribution in [2.45, 2.75) is 6.92 Å². The third kappa shape index (κ3) is 4.81. The predicted octanol–water partition coefficient (Wildman–Crippen LogP) is 0.932. The Labute approximate surface area is 117 Å². The molecule has 0 aromatic heterocycles. The highest BCUT2D eigenvalue weighted by Gasteiger charge is 2.13. The van der Waals surface area contributed by atoms with Gasteiger partial charge in [-0.1, -0.05) is 12.1 Å². The van der Waals surface area contributed by atoms with Gasteiger partial charge in [-0.2, -0.15) is 0 Å². The number of nitrogens with one attached hydrogen (secondary N) is 1. The van der Waals surface area contributed by atoms with Gasteiger partial charge in [-0.25, -0.2) is 0 Å². The standard InChI is InChI=1S/C14H18N2O4/c1-10(17)11-6-4-5-7-12(11)15-13(18)8-16(2)9-14(19)20-3/h4-7H,8-9H2,1-3H3,(H,15,18). The van der Waals surface area contributed by atoms with Crippen molar-refractivity contribution < 1.29 is 19.1 Å². The van der Waals surface area contributed by atoms with E-state index in [1.54, 1.807) is 31.3 Å². The van der Waals surface area contributed by atoms with Crippen molar-refractivity contribution in [1.29, 1.82) is 0 Å². The SMILES string of the molecule is COC(=O)CN(C)CC(=O)Nc1ccccc1C(C)=O. The van der Waals surface area contributed by atoms with Gasteiger partial charge in [-0.15, -0.1) is 0 Å². The van der Waals surface area contributed by atoms with Crippen LogP contribution in [0.25, 0.3) is 0 Å². The lowest BCUT2D eigenvalue weighted by Gasteiger charge is -2.15. The van der Waals surface area contributed by atoms with E-state index in [0.717, 1.165) is 0 Å². The van der Waals surface area contributed by atoms with Gasteiger partial charge in [-0.05, 0) is 26.1 Å². The molecule has 6 nitrogen and oxygen atoms in total. The second-order valence-electron chi connectivity index (χ2n) is 4.40.